The first-order valence-electron chi connectivity index (χ1n) is 10.2. The molecule has 0 aliphatic rings. The van der Waals surface area contributed by atoms with E-state index in [1.807, 2.05) is 12.1 Å². The minimum atomic E-state index is 0.925. The minimum Gasteiger partial charge on any atom is -0.455 e. The van der Waals surface area contributed by atoms with Crippen LogP contribution in [-0.4, -0.2) is 0 Å². The highest BCUT2D eigenvalue weighted by Crippen LogP contribution is 2.36. The molecular weight excluding hydrogens is 366 g/mol. The summed E-state index contributed by atoms with van der Waals surface area (Å²) >= 11 is 0. The highest BCUT2D eigenvalue weighted by molar-refractivity contribution is 6.09. The molecule has 0 fully saturated rings. The van der Waals surface area contributed by atoms with E-state index < -0.39 is 0 Å². The van der Waals surface area contributed by atoms with Crippen LogP contribution in [0.15, 0.2) is 101 Å². The van der Waals surface area contributed by atoms with Gasteiger partial charge in [-0.15, -0.1) is 0 Å². The predicted molar refractivity (Wildman–Crippen MR) is 128 cm³/mol. The standard InChI is InChI=1S/C28H23NO/c1-3-26(22-10-5-4-9-19(22)2)29-21-17-15-20(16-18-21)23-12-8-13-25-24-11-6-7-14-27(24)30-28(23)25/h3-18,29H,1-2H3/b26-3+. The zero-order valence-corrected chi connectivity index (χ0v) is 17.1. The maximum Gasteiger partial charge on any atom is 0.143 e. The fourth-order valence-corrected chi connectivity index (χ4v) is 4.03. The molecule has 0 atom stereocenters. The monoisotopic (exact) mass is 389 g/mol. The summed E-state index contributed by atoms with van der Waals surface area (Å²) in [5.41, 5.74) is 8.76. The normalized spacial score (nSPS) is 11.9. The van der Waals surface area contributed by atoms with Crippen LogP contribution in [0.25, 0.3) is 38.8 Å². The number of anilines is 1. The Bertz CT molecular complexity index is 1370. The van der Waals surface area contributed by atoms with E-state index in [1.165, 1.54) is 11.1 Å². The van der Waals surface area contributed by atoms with Crippen molar-refractivity contribution >= 4 is 33.3 Å². The molecule has 30 heavy (non-hydrogen) atoms. The van der Waals surface area contributed by atoms with Crippen molar-refractivity contribution in [1.29, 1.82) is 0 Å². The van der Waals surface area contributed by atoms with Crippen LogP contribution in [-0.2, 0) is 0 Å². The molecule has 2 nitrogen and oxygen atoms in total. The lowest BCUT2D eigenvalue weighted by atomic mass is 10.0. The van der Waals surface area contributed by atoms with Crippen molar-refractivity contribution < 1.29 is 4.42 Å². The van der Waals surface area contributed by atoms with Crippen molar-refractivity contribution in [2.45, 2.75) is 13.8 Å². The van der Waals surface area contributed by atoms with Gasteiger partial charge in [-0.1, -0.05) is 78.9 Å². The van der Waals surface area contributed by atoms with Crippen LogP contribution < -0.4 is 5.32 Å². The smallest absolute Gasteiger partial charge is 0.143 e. The van der Waals surface area contributed by atoms with Crippen molar-refractivity contribution in [2.75, 3.05) is 5.32 Å². The van der Waals surface area contributed by atoms with E-state index in [-0.39, 0.29) is 0 Å². The first kappa shape index (κ1) is 18.3. The summed E-state index contributed by atoms with van der Waals surface area (Å²) in [6.07, 6.45) is 2.12. The lowest BCUT2D eigenvalue weighted by Crippen LogP contribution is -2.00. The molecule has 5 aromatic rings. The van der Waals surface area contributed by atoms with Gasteiger partial charge in [0.15, 0.2) is 0 Å². The number of fused-ring (bicyclic) bond motifs is 3. The molecule has 1 N–H and O–H groups in total. The highest BCUT2D eigenvalue weighted by atomic mass is 16.3. The van der Waals surface area contributed by atoms with Crippen molar-refractivity contribution in [2.24, 2.45) is 0 Å². The van der Waals surface area contributed by atoms with E-state index in [4.69, 9.17) is 4.42 Å². The fourth-order valence-electron chi connectivity index (χ4n) is 4.03. The van der Waals surface area contributed by atoms with E-state index in [0.717, 1.165) is 44.4 Å². The van der Waals surface area contributed by atoms with Gasteiger partial charge >= 0.3 is 0 Å². The zero-order valence-electron chi connectivity index (χ0n) is 17.1. The van der Waals surface area contributed by atoms with E-state index >= 15 is 0 Å². The SMILES string of the molecule is C/C=C(/Nc1ccc(-c2cccc3c2oc2ccccc23)cc1)c1ccccc1C. The molecule has 0 radical (unpaired) electrons. The lowest BCUT2D eigenvalue weighted by molar-refractivity contribution is 0.670. The summed E-state index contributed by atoms with van der Waals surface area (Å²) < 4.78 is 6.20. The quantitative estimate of drug-likeness (QED) is 0.336. The first-order chi connectivity index (χ1) is 14.7. The van der Waals surface area contributed by atoms with Gasteiger partial charge in [0.1, 0.15) is 11.2 Å². The number of benzene rings is 4. The average molecular weight is 389 g/mol. The lowest BCUT2D eigenvalue weighted by Gasteiger charge is -2.14. The molecule has 1 heterocycles. The first-order valence-corrected chi connectivity index (χ1v) is 10.2. The molecule has 2 heteroatoms. The molecule has 146 valence electrons. The van der Waals surface area contributed by atoms with Gasteiger partial charge in [0.05, 0.1) is 0 Å². The molecule has 0 aliphatic carbocycles. The molecular formula is C28H23NO. The third-order valence-corrected chi connectivity index (χ3v) is 5.60. The average Bonchev–Trinajstić information content (AvgIpc) is 3.17. The van der Waals surface area contributed by atoms with Crippen molar-refractivity contribution in [1.82, 2.24) is 0 Å². The summed E-state index contributed by atoms with van der Waals surface area (Å²) in [6, 6.07) is 31.5. The van der Waals surface area contributed by atoms with Crippen molar-refractivity contribution in [3.05, 3.63) is 108 Å². The van der Waals surface area contributed by atoms with Gasteiger partial charge in [0, 0.05) is 33.3 Å². The molecule has 1 aromatic heterocycles. The summed E-state index contributed by atoms with van der Waals surface area (Å²) in [5.74, 6) is 0. The van der Waals surface area contributed by atoms with E-state index in [0.29, 0.717) is 0 Å². The minimum absolute atomic E-state index is 0.925. The maximum absolute atomic E-state index is 6.20. The van der Waals surface area contributed by atoms with Gasteiger partial charge in [-0.05, 0) is 43.2 Å². The fraction of sp³-hybridized carbons (Fsp3) is 0.0714. The molecule has 0 saturated carbocycles. The van der Waals surface area contributed by atoms with E-state index in [1.54, 1.807) is 0 Å². The Kier molecular flexibility index (Phi) is 4.61. The second-order valence-electron chi connectivity index (χ2n) is 7.50. The Hall–Kier alpha value is -3.78. The van der Waals surface area contributed by atoms with E-state index in [2.05, 4.69) is 104 Å². The van der Waals surface area contributed by atoms with Crippen LogP contribution in [0.2, 0.25) is 0 Å². The molecule has 4 aromatic carbocycles. The summed E-state index contributed by atoms with van der Waals surface area (Å²) in [4.78, 5) is 0. The molecule has 0 amide bonds. The van der Waals surface area contributed by atoms with Gasteiger partial charge < -0.3 is 9.73 Å². The predicted octanol–water partition coefficient (Wildman–Crippen LogP) is 8.03. The Morgan fingerprint density at radius 3 is 2.30 bits per heavy atom. The zero-order chi connectivity index (χ0) is 20.5. The Balaban J connectivity index is 1.49. The van der Waals surface area contributed by atoms with Crippen molar-refractivity contribution in [3.8, 4) is 11.1 Å². The molecule has 0 spiro atoms. The Morgan fingerprint density at radius 2 is 1.50 bits per heavy atom. The molecule has 0 unspecified atom stereocenters. The molecule has 0 saturated heterocycles. The topological polar surface area (TPSA) is 25.2 Å². The number of nitrogens with one attached hydrogen (secondary N) is 1. The molecule has 0 bridgehead atoms. The van der Waals surface area contributed by atoms with Crippen LogP contribution in [0.4, 0.5) is 5.69 Å². The summed E-state index contributed by atoms with van der Waals surface area (Å²) in [7, 11) is 0. The van der Waals surface area contributed by atoms with Gasteiger partial charge in [-0.25, -0.2) is 0 Å². The number of para-hydroxylation sites is 2. The molecule has 5 rings (SSSR count). The third kappa shape index (κ3) is 3.17. The number of rotatable bonds is 4. The van der Waals surface area contributed by atoms with Crippen LogP contribution in [0.3, 0.4) is 0 Å². The van der Waals surface area contributed by atoms with E-state index in [9.17, 15) is 0 Å². The second kappa shape index (κ2) is 7.57. The van der Waals surface area contributed by atoms with Gasteiger partial charge in [-0.3, -0.25) is 0 Å². The third-order valence-electron chi connectivity index (χ3n) is 5.60. The summed E-state index contributed by atoms with van der Waals surface area (Å²) in [5, 5.41) is 5.87. The van der Waals surface area contributed by atoms with Crippen LogP contribution in [0, 0.1) is 6.92 Å². The van der Waals surface area contributed by atoms with Gasteiger partial charge in [0.2, 0.25) is 0 Å². The number of allylic oxidation sites excluding steroid dienone is 1. The second-order valence-corrected chi connectivity index (χ2v) is 7.50. The Labute approximate surface area is 176 Å². The Morgan fingerprint density at radius 1 is 0.767 bits per heavy atom. The molecule has 0 aliphatic heterocycles. The van der Waals surface area contributed by atoms with Crippen molar-refractivity contribution in [3.63, 3.8) is 0 Å². The number of hydrogen-bond donors (Lipinski definition) is 1. The maximum atomic E-state index is 6.20. The number of furan rings is 1. The summed E-state index contributed by atoms with van der Waals surface area (Å²) in [6.45, 7) is 4.20. The van der Waals surface area contributed by atoms with Crippen LogP contribution in [0.5, 0.6) is 0 Å². The van der Waals surface area contributed by atoms with Crippen LogP contribution >= 0.6 is 0 Å². The number of hydrogen-bond acceptors (Lipinski definition) is 2. The van der Waals surface area contributed by atoms with Crippen LogP contribution in [0.1, 0.15) is 18.1 Å². The van der Waals surface area contributed by atoms with Gasteiger partial charge in [0.25, 0.3) is 0 Å². The van der Waals surface area contributed by atoms with Gasteiger partial charge in [-0.2, -0.15) is 0 Å². The number of aryl methyl sites for hydroxylation is 1. The highest BCUT2D eigenvalue weighted by Gasteiger charge is 2.12. The largest absolute Gasteiger partial charge is 0.455 e.